The van der Waals surface area contributed by atoms with E-state index in [4.69, 9.17) is 0 Å². The number of hydrogen-bond acceptors (Lipinski definition) is 2. The Kier molecular flexibility index (Phi) is 4.83. The van der Waals surface area contributed by atoms with Gasteiger partial charge in [0.2, 0.25) is 11.8 Å². The smallest absolute Gasteiger partial charge is 0.245 e. The van der Waals surface area contributed by atoms with E-state index >= 15 is 0 Å². The van der Waals surface area contributed by atoms with Crippen molar-refractivity contribution < 1.29 is 9.59 Å². The minimum atomic E-state index is -0.295. The van der Waals surface area contributed by atoms with Crippen LogP contribution in [0.25, 0.3) is 0 Å². The molecule has 2 amide bonds. The predicted molar refractivity (Wildman–Crippen MR) is 74.5 cm³/mol. The lowest BCUT2D eigenvalue weighted by atomic mass is 9.97. The van der Waals surface area contributed by atoms with Gasteiger partial charge in [0.15, 0.2) is 0 Å². The molecular weight excluding hydrogens is 240 g/mol. The van der Waals surface area contributed by atoms with Crippen LogP contribution >= 0.6 is 0 Å². The third-order valence-corrected chi connectivity index (χ3v) is 4.63. The Labute approximate surface area is 115 Å². The quantitative estimate of drug-likeness (QED) is 0.845. The van der Waals surface area contributed by atoms with Gasteiger partial charge in [0, 0.05) is 19.5 Å². The van der Waals surface area contributed by atoms with Gasteiger partial charge in [-0.25, -0.2) is 0 Å². The van der Waals surface area contributed by atoms with Gasteiger partial charge < -0.3 is 10.2 Å². The molecule has 0 radical (unpaired) electrons. The van der Waals surface area contributed by atoms with Gasteiger partial charge >= 0.3 is 0 Å². The summed E-state index contributed by atoms with van der Waals surface area (Å²) >= 11 is 0. The second kappa shape index (κ2) is 6.40. The molecule has 1 N–H and O–H groups in total. The van der Waals surface area contributed by atoms with Crippen molar-refractivity contribution in [3.8, 4) is 0 Å². The molecule has 0 aromatic heterocycles. The van der Waals surface area contributed by atoms with Crippen molar-refractivity contribution in [2.24, 2.45) is 11.8 Å². The molecule has 1 aliphatic heterocycles. The van der Waals surface area contributed by atoms with Gasteiger partial charge in [-0.15, -0.1) is 0 Å². The van der Waals surface area contributed by atoms with Crippen molar-refractivity contribution >= 4 is 11.8 Å². The van der Waals surface area contributed by atoms with Gasteiger partial charge in [0.05, 0.1) is 0 Å². The fourth-order valence-corrected chi connectivity index (χ4v) is 3.34. The molecule has 1 saturated heterocycles. The standard InChI is InChI=1S/C15H26N2O2/c1-3-5-13-15(19)17(9-8-14(18)16-13)10-12-7-4-6-11(12)2/h11-13H,3-10H2,1-2H3,(H,16,18). The number of rotatable bonds is 4. The number of hydrogen-bond donors (Lipinski definition) is 1. The lowest BCUT2D eigenvalue weighted by molar-refractivity contribution is -0.134. The largest absolute Gasteiger partial charge is 0.344 e. The van der Waals surface area contributed by atoms with Crippen molar-refractivity contribution in [1.29, 1.82) is 0 Å². The molecule has 0 aromatic carbocycles. The summed E-state index contributed by atoms with van der Waals surface area (Å²) in [5, 5.41) is 2.87. The van der Waals surface area contributed by atoms with Gasteiger partial charge in [-0.1, -0.05) is 33.1 Å². The summed E-state index contributed by atoms with van der Waals surface area (Å²) in [4.78, 5) is 26.1. The van der Waals surface area contributed by atoms with Crippen LogP contribution in [0.5, 0.6) is 0 Å². The average molecular weight is 266 g/mol. The molecule has 2 rings (SSSR count). The summed E-state index contributed by atoms with van der Waals surface area (Å²) in [6, 6.07) is -0.295. The van der Waals surface area contributed by atoms with Crippen LogP contribution in [0.3, 0.4) is 0 Å². The van der Waals surface area contributed by atoms with E-state index in [1.54, 1.807) is 0 Å². The molecule has 0 aromatic rings. The highest BCUT2D eigenvalue weighted by Crippen LogP contribution is 2.32. The maximum atomic E-state index is 12.5. The van der Waals surface area contributed by atoms with Crippen molar-refractivity contribution in [3.05, 3.63) is 0 Å². The first kappa shape index (κ1) is 14.4. The molecule has 1 heterocycles. The van der Waals surface area contributed by atoms with Crippen molar-refractivity contribution in [2.75, 3.05) is 13.1 Å². The Hall–Kier alpha value is -1.06. The van der Waals surface area contributed by atoms with E-state index in [9.17, 15) is 9.59 Å². The molecule has 3 atom stereocenters. The van der Waals surface area contributed by atoms with Crippen LogP contribution in [0, 0.1) is 11.8 Å². The zero-order valence-electron chi connectivity index (χ0n) is 12.2. The summed E-state index contributed by atoms with van der Waals surface area (Å²) in [5.74, 6) is 1.49. The molecule has 2 aliphatic rings. The fraction of sp³-hybridized carbons (Fsp3) is 0.867. The lowest BCUT2D eigenvalue weighted by Gasteiger charge is -2.28. The average Bonchev–Trinajstić information content (AvgIpc) is 2.73. The number of nitrogens with zero attached hydrogens (tertiary/aromatic N) is 1. The molecular formula is C15H26N2O2. The minimum absolute atomic E-state index is 0.0220. The Morgan fingerprint density at radius 2 is 2.11 bits per heavy atom. The third kappa shape index (κ3) is 3.48. The molecule has 0 bridgehead atoms. The SMILES string of the molecule is CCCC1NC(=O)CCN(CC2CCCC2C)C1=O. The van der Waals surface area contributed by atoms with Gasteiger partial charge in [-0.05, 0) is 24.7 Å². The van der Waals surface area contributed by atoms with Gasteiger partial charge in [0.1, 0.15) is 6.04 Å². The highest BCUT2D eigenvalue weighted by molar-refractivity contribution is 5.89. The lowest BCUT2D eigenvalue weighted by Crippen LogP contribution is -2.46. The van der Waals surface area contributed by atoms with Gasteiger partial charge in [-0.2, -0.15) is 0 Å². The van der Waals surface area contributed by atoms with Crippen LogP contribution in [0.4, 0.5) is 0 Å². The molecule has 19 heavy (non-hydrogen) atoms. The molecule has 108 valence electrons. The molecule has 1 aliphatic carbocycles. The summed E-state index contributed by atoms with van der Waals surface area (Å²) in [7, 11) is 0. The number of amides is 2. The van der Waals surface area contributed by atoms with E-state index in [1.807, 2.05) is 11.8 Å². The summed E-state index contributed by atoms with van der Waals surface area (Å²) < 4.78 is 0. The van der Waals surface area contributed by atoms with Crippen molar-refractivity contribution in [3.63, 3.8) is 0 Å². The Bertz CT molecular complexity index is 343. The topological polar surface area (TPSA) is 49.4 Å². The van der Waals surface area contributed by atoms with Gasteiger partial charge in [0.25, 0.3) is 0 Å². The normalized spacial score (nSPS) is 32.3. The highest BCUT2D eigenvalue weighted by atomic mass is 16.2. The van der Waals surface area contributed by atoms with Crippen molar-refractivity contribution in [1.82, 2.24) is 10.2 Å². The van der Waals surface area contributed by atoms with Crippen LogP contribution in [0.2, 0.25) is 0 Å². The van der Waals surface area contributed by atoms with E-state index in [-0.39, 0.29) is 17.9 Å². The van der Waals surface area contributed by atoms with Crippen molar-refractivity contribution in [2.45, 2.75) is 58.4 Å². The second-order valence-electron chi connectivity index (χ2n) is 6.11. The third-order valence-electron chi connectivity index (χ3n) is 4.63. The van der Waals surface area contributed by atoms with E-state index < -0.39 is 0 Å². The van der Waals surface area contributed by atoms with Crippen LogP contribution in [0.15, 0.2) is 0 Å². The van der Waals surface area contributed by atoms with Crippen LogP contribution in [0.1, 0.15) is 52.4 Å². The first-order valence-corrected chi connectivity index (χ1v) is 7.70. The molecule has 1 saturated carbocycles. The molecule has 0 spiro atoms. The van der Waals surface area contributed by atoms with E-state index in [0.29, 0.717) is 24.8 Å². The Morgan fingerprint density at radius 3 is 2.74 bits per heavy atom. The molecule has 2 fully saturated rings. The Morgan fingerprint density at radius 1 is 1.32 bits per heavy atom. The van der Waals surface area contributed by atoms with E-state index in [0.717, 1.165) is 19.4 Å². The molecule has 4 nitrogen and oxygen atoms in total. The molecule has 4 heteroatoms. The van der Waals surface area contributed by atoms with Crippen LogP contribution < -0.4 is 5.32 Å². The zero-order chi connectivity index (χ0) is 13.8. The summed E-state index contributed by atoms with van der Waals surface area (Å²) in [6.45, 7) is 5.77. The van der Waals surface area contributed by atoms with Crippen LogP contribution in [-0.2, 0) is 9.59 Å². The number of carbonyl (C=O) groups excluding carboxylic acids is 2. The first-order valence-electron chi connectivity index (χ1n) is 7.70. The van der Waals surface area contributed by atoms with Gasteiger partial charge in [-0.3, -0.25) is 9.59 Å². The van der Waals surface area contributed by atoms with E-state index in [2.05, 4.69) is 12.2 Å². The van der Waals surface area contributed by atoms with E-state index in [1.165, 1.54) is 19.3 Å². The minimum Gasteiger partial charge on any atom is -0.344 e. The monoisotopic (exact) mass is 266 g/mol. The maximum Gasteiger partial charge on any atom is 0.245 e. The highest BCUT2D eigenvalue weighted by Gasteiger charge is 2.32. The maximum absolute atomic E-state index is 12.5. The summed E-state index contributed by atoms with van der Waals surface area (Å²) in [5.41, 5.74) is 0. The summed E-state index contributed by atoms with van der Waals surface area (Å²) in [6.07, 6.45) is 5.91. The number of carbonyl (C=O) groups is 2. The van der Waals surface area contributed by atoms with Crippen LogP contribution in [-0.4, -0.2) is 35.8 Å². The Balaban J connectivity index is 2.01. The zero-order valence-corrected chi connectivity index (χ0v) is 12.2. The number of nitrogens with one attached hydrogen (secondary N) is 1. The first-order chi connectivity index (χ1) is 9.11. The second-order valence-corrected chi connectivity index (χ2v) is 6.11. The predicted octanol–water partition coefficient (Wildman–Crippen LogP) is 1.94. The fourth-order valence-electron chi connectivity index (χ4n) is 3.34. The molecule has 3 unspecified atom stereocenters.